The van der Waals surface area contributed by atoms with E-state index in [2.05, 4.69) is 0 Å². The Kier molecular flexibility index (Phi) is 3.40. The molecule has 0 saturated heterocycles. The van der Waals surface area contributed by atoms with Crippen molar-refractivity contribution in [1.29, 1.82) is 0 Å². The average Bonchev–Trinajstić information content (AvgIpc) is 2.01. The van der Waals surface area contributed by atoms with Crippen molar-refractivity contribution in [2.75, 3.05) is 0 Å². The van der Waals surface area contributed by atoms with Gasteiger partial charge in [-0.05, 0) is 19.1 Å². The van der Waals surface area contributed by atoms with Crippen molar-refractivity contribution in [3.8, 4) is 0 Å². The fourth-order valence-electron chi connectivity index (χ4n) is 1.12. The predicted molar refractivity (Wildman–Crippen MR) is 54.0 cm³/mol. The topological polar surface area (TPSA) is 34.1 Å². The Balaban J connectivity index is 3.52. The molecule has 0 heterocycles. The van der Waals surface area contributed by atoms with E-state index in [-0.39, 0.29) is 15.5 Å². The van der Waals surface area contributed by atoms with E-state index in [1.807, 2.05) is 0 Å². The van der Waals surface area contributed by atoms with Crippen molar-refractivity contribution in [2.24, 2.45) is 0 Å². The summed E-state index contributed by atoms with van der Waals surface area (Å²) in [6, 6.07) is 4.04. The van der Waals surface area contributed by atoms with E-state index in [9.17, 15) is 12.8 Å². The molecular weight excluding hydrogens is 250 g/mol. The summed E-state index contributed by atoms with van der Waals surface area (Å²) in [6.45, 7) is 1.20. The second-order valence-corrected chi connectivity index (χ2v) is 5.65. The summed E-state index contributed by atoms with van der Waals surface area (Å²) in [5.74, 6) is 0. The van der Waals surface area contributed by atoms with Gasteiger partial charge in [-0.15, -0.1) is 0 Å². The summed E-state index contributed by atoms with van der Waals surface area (Å²) in [6.07, 6.45) is -1.48. The predicted octanol–water partition coefficient (Wildman–Crippen LogP) is 3.30. The highest BCUT2D eigenvalue weighted by molar-refractivity contribution is 8.13. The number of hydrogen-bond donors (Lipinski definition) is 0. The molecule has 0 amide bonds. The van der Waals surface area contributed by atoms with E-state index in [0.717, 1.165) is 0 Å². The number of halogens is 3. The quantitative estimate of drug-likeness (QED) is 0.762. The van der Waals surface area contributed by atoms with Crippen LogP contribution in [0.2, 0.25) is 5.02 Å². The van der Waals surface area contributed by atoms with Gasteiger partial charge in [0.05, 0.1) is 4.90 Å². The van der Waals surface area contributed by atoms with Gasteiger partial charge in [0.2, 0.25) is 0 Å². The summed E-state index contributed by atoms with van der Waals surface area (Å²) in [5, 5.41) is 0.0572. The van der Waals surface area contributed by atoms with Gasteiger partial charge in [-0.1, -0.05) is 17.7 Å². The first-order valence-corrected chi connectivity index (χ1v) is 6.40. The van der Waals surface area contributed by atoms with Crippen LogP contribution in [0, 0.1) is 0 Å². The number of alkyl halides is 1. The Morgan fingerprint density at radius 2 is 2.00 bits per heavy atom. The first-order chi connectivity index (χ1) is 6.34. The first kappa shape index (κ1) is 11.8. The van der Waals surface area contributed by atoms with Crippen LogP contribution in [0.15, 0.2) is 23.1 Å². The van der Waals surface area contributed by atoms with Gasteiger partial charge in [0.25, 0.3) is 9.05 Å². The number of rotatable bonds is 2. The fraction of sp³-hybridized carbons (Fsp3) is 0.250. The largest absolute Gasteiger partial charge is 0.261 e. The Hall–Kier alpha value is -0.320. The Labute approximate surface area is 91.1 Å². The van der Waals surface area contributed by atoms with Crippen LogP contribution in [-0.4, -0.2) is 8.42 Å². The van der Waals surface area contributed by atoms with Crippen LogP contribution < -0.4 is 0 Å². The molecule has 0 aliphatic carbocycles. The molecule has 2 nitrogen and oxygen atoms in total. The van der Waals surface area contributed by atoms with Crippen LogP contribution in [0.1, 0.15) is 18.7 Å². The van der Waals surface area contributed by atoms with Crippen molar-refractivity contribution in [1.82, 2.24) is 0 Å². The van der Waals surface area contributed by atoms with Crippen molar-refractivity contribution in [3.63, 3.8) is 0 Å². The monoisotopic (exact) mass is 256 g/mol. The molecule has 6 heteroatoms. The smallest absolute Gasteiger partial charge is 0.243 e. The third-order valence-corrected chi connectivity index (χ3v) is 3.38. The van der Waals surface area contributed by atoms with Gasteiger partial charge in [0.15, 0.2) is 0 Å². The normalized spacial score (nSPS) is 14.0. The zero-order valence-corrected chi connectivity index (χ0v) is 9.50. The van der Waals surface area contributed by atoms with Crippen LogP contribution in [0.3, 0.4) is 0 Å². The van der Waals surface area contributed by atoms with Crippen LogP contribution in [-0.2, 0) is 9.05 Å². The minimum atomic E-state index is -3.95. The molecule has 0 saturated carbocycles. The second-order valence-electron chi connectivity index (χ2n) is 2.71. The molecule has 0 aliphatic rings. The second kappa shape index (κ2) is 4.04. The lowest BCUT2D eigenvalue weighted by Crippen LogP contribution is -1.99. The molecule has 0 aromatic heterocycles. The molecule has 0 aliphatic heterocycles. The number of benzene rings is 1. The highest BCUT2D eigenvalue weighted by Crippen LogP contribution is 2.33. The van der Waals surface area contributed by atoms with E-state index in [1.54, 1.807) is 0 Å². The molecule has 14 heavy (non-hydrogen) atoms. The van der Waals surface area contributed by atoms with Crippen molar-refractivity contribution in [2.45, 2.75) is 18.0 Å². The Bertz CT molecular complexity index is 443. The van der Waals surface area contributed by atoms with Crippen molar-refractivity contribution in [3.05, 3.63) is 28.8 Å². The molecule has 1 atom stereocenters. The zero-order chi connectivity index (χ0) is 10.9. The van der Waals surface area contributed by atoms with E-state index >= 15 is 0 Å². The highest BCUT2D eigenvalue weighted by atomic mass is 35.7. The van der Waals surface area contributed by atoms with Crippen LogP contribution in [0.25, 0.3) is 0 Å². The van der Waals surface area contributed by atoms with E-state index < -0.39 is 15.2 Å². The minimum absolute atomic E-state index is 0.0572. The van der Waals surface area contributed by atoms with Gasteiger partial charge in [-0.2, -0.15) is 0 Å². The van der Waals surface area contributed by atoms with E-state index in [1.165, 1.54) is 25.1 Å². The third-order valence-electron chi connectivity index (χ3n) is 1.67. The molecule has 0 bridgehead atoms. The molecule has 0 radical (unpaired) electrons. The molecule has 1 aromatic rings. The van der Waals surface area contributed by atoms with E-state index in [4.69, 9.17) is 22.3 Å². The van der Waals surface area contributed by atoms with Gasteiger partial charge >= 0.3 is 0 Å². The minimum Gasteiger partial charge on any atom is -0.243 e. The van der Waals surface area contributed by atoms with E-state index in [0.29, 0.717) is 0 Å². The molecule has 1 unspecified atom stereocenters. The maximum Gasteiger partial charge on any atom is 0.261 e. The summed E-state index contributed by atoms with van der Waals surface area (Å²) in [4.78, 5) is -0.276. The van der Waals surface area contributed by atoms with Gasteiger partial charge in [0, 0.05) is 21.3 Å². The molecule has 0 fully saturated rings. The maximum absolute atomic E-state index is 13.1. The molecule has 0 spiro atoms. The summed E-state index contributed by atoms with van der Waals surface area (Å²) < 4.78 is 35.2. The summed E-state index contributed by atoms with van der Waals surface area (Å²) in [7, 11) is 1.17. The van der Waals surface area contributed by atoms with Crippen molar-refractivity contribution < 1.29 is 12.8 Å². The van der Waals surface area contributed by atoms with Gasteiger partial charge < -0.3 is 0 Å². The SMILES string of the molecule is CC(F)c1c(Cl)cccc1S(=O)(=O)Cl. The fourth-order valence-corrected chi connectivity index (χ4v) is 2.68. The zero-order valence-electron chi connectivity index (χ0n) is 7.17. The molecule has 1 aromatic carbocycles. The summed E-state index contributed by atoms with van der Waals surface area (Å²) in [5.41, 5.74) is -0.0934. The molecular formula is C8H7Cl2FO2S. The van der Waals surface area contributed by atoms with Gasteiger partial charge in [-0.25, -0.2) is 12.8 Å². The number of hydrogen-bond acceptors (Lipinski definition) is 2. The lowest BCUT2D eigenvalue weighted by molar-refractivity contribution is 0.368. The van der Waals surface area contributed by atoms with Crippen molar-refractivity contribution >= 4 is 31.3 Å². The maximum atomic E-state index is 13.1. The Morgan fingerprint density at radius 1 is 1.43 bits per heavy atom. The van der Waals surface area contributed by atoms with Gasteiger partial charge in [0.1, 0.15) is 6.17 Å². The lowest BCUT2D eigenvalue weighted by atomic mass is 10.1. The standard InChI is InChI=1S/C8H7Cl2FO2S/c1-5(11)8-6(9)3-2-4-7(8)14(10,12)13/h2-5H,1H3. The summed E-state index contributed by atoms with van der Waals surface area (Å²) >= 11 is 5.67. The van der Waals surface area contributed by atoms with Crippen LogP contribution in [0.5, 0.6) is 0 Å². The molecule has 0 N–H and O–H groups in total. The van der Waals surface area contributed by atoms with Crippen LogP contribution in [0.4, 0.5) is 4.39 Å². The lowest BCUT2D eigenvalue weighted by Gasteiger charge is -2.09. The molecule has 1 rings (SSSR count). The first-order valence-electron chi connectivity index (χ1n) is 3.71. The van der Waals surface area contributed by atoms with Crippen LogP contribution >= 0.6 is 22.3 Å². The Morgan fingerprint density at radius 3 is 2.36 bits per heavy atom. The third kappa shape index (κ3) is 2.38. The molecule has 78 valence electrons. The van der Waals surface area contributed by atoms with Gasteiger partial charge in [-0.3, -0.25) is 0 Å². The average molecular weight is 257 g/mol. The highest BCUT2D eigenvalue weighted by Gasteiger charge is 2.21.